The molecule has 39 heavy (non-hydrogen) atoms. The van der Waals surface area contributed by atoms with Crippen LogP contribution in [0.15, 0.2) is 91.1 Å². The van der Waals surface area contributed by atoms with Gasteiger partial charge in [0.1, 0.15) is 11.5 Å². The summed E-state index contributed by atoms with van der Waals surface area (Å²) in [6, 6.07) is 22.6. The summed E-state index contributed by atoms with van der Waals surface area (Å²) in [5, 5.41) is 0.844. The molecule has 4 aromatic rings. The molecule has 0 N–H and O–H groups in total. The largest absolute Gasteiger partial charge is 0.493 e. The molecule has 3 aromatic carbocycles. The van der Waals surface area contributed by atoms with Crippen molar-refractivity contribution in [2.45, 2.75) is 13.3 Å². The predicted molar refractivity (Wildman–Crippen MR) is 152 cm³/mol. The number of ketones is 1. The molecule has 1 aromatic heterocycles. The average molecular weight is 562 g/mol. The number of benzene rings is 3. The van der Waals surface area contributed by atoms with Gasteiger partial charge in [0.05, 0.1) is 18.8 Å². The van der Waals surface area contributed by atoms with Crippen molar-refractivity contribution in [1.29, 1.82) is 0 Å². The number of rotatable bonds is 11. The van der Waals surface area contributed by atoms with E-state index in [1.54, 1.807) is 54.6 Å². The van der Waals surface area contributed by atoms with E-state index < -0.39 is 5.97 Å². The maximum Gasteiger partial charge on any atom is 0.338 e. The number of hydrogen-bond donors (Lipinski definition) is 0. The standard InChI is InChI=1S/C31H25Cl2NO5/c1-21-3-5-22(6-4-21)7-12-29(35)23-8-10-27(11-9-23)37-15-2-16-38-31(36)24-13-14-34-30(17-24)39-28-19-25(32)18-26(33)20-28/h3-14,17-20H,2,15-16H2,1H3/b12-7+. The topological polar surface area (TPSA) is 74.7 Å². The van der Waals surface area contributed by atoms with Crippen molar-refractivity contribution in [3.05, 3.63) is 123 Å². The summed E-state index contributed by atoms with van der Waals surface area (Å²) >= 11 is 12.0. The SMILES string of the molecule is Cc1ccc(/C=C/C(=O)c2ccc(OCCCOC(=O)c3ccnc(Oc4cc(Cl)cc(Cl)c4)c3)cc2)cc1. The molecule has 0 saturated carbocycles. The number of halogens is 2. The molecule has 0 fully saturated rings. The average Bonchev–Trinajstić information content (AvgIpc) is 2.92. The zero-order chi connectivity index (χ0) is 27.6. The molecule has 8 heteroatoms. The van der Waals surface area contributed by atoms with Crippen LogP contribution in [-0.2, 0) is 4.74 Å². The zero-order valence-corrected chi connectivity index (χ0v) is 22.6. The highest BCUT2D eigenvalue weighted by Crippen LogP contribution is 2.27. The van der Waals surface area contributed by atoms with E-state index in [1.807, 2.05) is 31.2 Å². The van der Waals surface area contributed by atoms with Crippen molar-refractivity contribution in [3.8, 4) is 17.4 Å². The Morgan fingerprint density at radius 3 is 2.26 bits per heavy atom. The number of hydrogen-bond acceptors (Lipinski definition) is 6. The Kier molecular flexibility index (Phi) is 9.73. The molecule has 1 heterocycles. The van der Waals surface area contributed by atoms with Gasteiger partial charge in [-0.3, -0.25) is 4.79 Å². The van der Waals surface area contributed by atoms with Crippen LogP contribution in [0.3, 0.4) is 0 Å². The second kappa shape index (κ2) is 13.6. The van der Waals surface area contributed by atoms with Crippen molar-refractivity contribution in [2.75, 3.05) is 13.2 Å². The first kappa shape index (κ1) is 27.9. The van der Waals surface area contributed by atoms with Crippen molar-refractivity contribution in [1.82, 2.24) is 4.98 Å². The Hall–Kier alpha value is -4.13. The number of carbonyl (C=O) groups excluding carboxylic acids is 2. The van der Waals surface area contributed by atoms with Gasteiger partial charge < -0.3 is 14.2 Å². The molecule has 198 valence electrons. The van der Waals surface area contributed by atoms with Gasteiger partial charge in [-0.05, 0) is 67.1 Å². The molecule has 4 rings (SSSR count). The van der Waals surface area contributed by atoms with Gasteiger partial charge in [0, 0.05) is 34.3 Å². The van der Waals surface area contributed by atoms with Crippen molar-refractivity contribution < 1.29 is 23.8 Å². The van der Waals surface area contributed by atoms with Crippen molar-refractivity contribution in [3.63, 3.8) is 0 Å². The van der Waals surface area contributed by atoms with Crippen LogP contribution in [0.4, 0.5) is 0 Å². The normalized spacial score (nSPS) is 10.8. The van der Waals surface area contributed by atoms with Gasteiger partial charge in [-0.15, -0.1) is 0 Å². The van der Waals surface area contributed by atoms with Crippen LogP contribution in [0.2, 0.25) is 10.0 Å². The Bertz CT molecular complexity index is 1450. The van der Waals surface area contributed by atoms with E-state index in [-0.39, 0.29) is 18.3 Å². The molecule has 0 radical (unpaired) electrons. The molecular weight excluding hydrogens is 537 g/mol. The second-order valence-corrected chi connectivity index (χ2v) is 9.43. The summed E-state index contributed by atoms with van der Waals surface area (Å²) in [6.45, 7) is 2.53. The van der Waals surface area contributed by atoms with E-state index in [2.05, 4.69) is 4.98 Å². The number of allylic oxidation sites excluding steroid dienone is 1. The van der Waals surface area contributed by atoms with E-state index in [0.29, 0.717) is 45.7 Å². The summed E-state index contributed by atoms with van der Waals surface area (Å²) in [5.74, 6) is 0.637. The van der Waals surface area contributed by atoms with Crippen LogP contribution < -0.4 is 9.47 Å². The molecule has 0 spiro atoms. The monoisotopic (exact) mass is 561 g/mol. The summed E-state index contributed by atoms with van der Waals surface area (Å²) in [6.07, 6.45) is 5.29. The van der Waals surface area contributed by atoms with Gasteiger partial charge >= 0.3 is 5.97 Å². The van der Waals surface area contributed by atoms with E-state index in [9.17, 15) is 9.59 Å². The fraction of sp³-hybridized carbons (Fsp3) is 0.129. The lowest BCUT2D eigenvalue weighted by Gasteiger charge is -2.09. The van der Waals surface area contributed by atoms with Gasteiger partial charge in [0.15, 0.2) is 5.78 Å². The first-order valence-corrected chi connectivity index (χ1v) is 12.9. The lowest BCUT2D eigenvalue weighted by molar-refractivity contribution is 0.0485. The van der Waals surface area contributed by atoms with Crippen molar-refractivity contribution in [2.24, 2.45) is 0 Å². The summed E-state index contributed by atoms with van der Waals surface area (Å²) in [4.78, 5) is 28.9. The Morgan fingerprint density at radius 2 is 1.54 bits per heavy atom. The Labute approximate surface area is 236 Å². The van der Waals surface area contributed by atoms with Crippen LogP contribution in [0.1, 0.15) is 38.3 Å². The van der Waals surface area contributed by atoms with Crippen LogP contribution in [0.25, 0.3) is 6.08 Å². The highest BCUT2D eigenvalue weighted by atomic mass is 35.5. The number of pyridine rings is 1. The summed E-state index contributed by atoms with van der Waals surface area (Å²) < 4.78 is 16.7. The molecule has 0 aliphatic carbocycles. The summed E-state index contributed by atoms with van der Waals surface area (Å²) in [5.41, 5.74) is 3.00. The van der Waals surface area contributed by atoms with Gasteiger partial charge in [0.25, 0.3) is 0 Å². The highest BCUT2D eigenvalue weighted by molar-refractivity contribution is 6.34. The smallest absolute Gasteiger partial charge is 0.338 e. The van der Waals surface area contributed by atoms with E-state index in [0.717, 1.165) is 5.56 Å². The third-order valence-electron chi connectivity index (χ3n) is 5.46. The summed E-state index contributed by atoms with van der Waals surface area (Å²) in [7, 11) is 0. The van der Waals surface area contributed by atoms with Gasteiger partial charge in [-0.25, -0.2) is 9.78 Å². The number of aromatic nitrogens is 1. The first-order chi connectivity index (χ1) is 18.9. The molecule has 0 amide bonds. The first-order valence-electron chi connectivity index (χ1n) is 12.1. The number of carbonyl (C=O) groups is 2. The van der Waals surface area contributed by atoms with E-state index in [4.69, 9.17) is 37.4 Å². The van der Waals surface area contributed by atoms with Crippen LogP contribution in [0.5, 0.6) is 17.4 Å². The number of esters is 1. The molecule has 0 saturated heterocycles. The molecule has 0 aliphatic rings. The van der Waals surface area contributed by atoms with Crippen LogP contribution >= 0.6 is 23.2 Å². The Morgan fingerprint density at radius 1 is 0.821 bits per heavy atom. The van der Waals surface area contributed by atoms with E-state index >= 15 is 0 Å². The quantitative estimate of drug-likeness (QED) is 0.0798. The van der Waals surface area contributed by atoms with Crippen LogP contribution in [-0.4, -0.2) is 30.0 Å². The minimum Gasteiger partial charge on any atom is -0.493 e. The van der Waals surface area contributed by atoms with E-state index in [1.165, 1.54) is 23.9 Å². The number of nitrogens with zero attached hydrogens (tertiary/aromatic N) is 1. The lowest BCUT2D eigenvalue weighted by Crippen LogP contribution is -2.09. The molecular formula is C31H25Cl2NO5. The molecule has 0 aliphatic heterocycles. The highest BCUT2D eigenvalue weighted by Gasteiger charge is 2.10. The minimum atomic E-state index is -0.507. The predicted octanol–water partition coefficient (Wildman–Crippen LogP) is 8.01. The second-order valence-electron chi connectivity index (χ2n) is 8.56. The van der Waals surface area contributed by atoms with Gasteiger partial charge in [-0.2, -0.15) is 0 Å². The third kappa shape index (κ3) is 8.70. The van der Waals surface area contributed by atoms with Crippen LogP contribution in [0, 0.1) is 6.92 Å². The Balaban J connectivity index is 1.19. The molecule has 0 unspecified atom stereocenters. The molecule has 0 atom stereocenters. The fourth-order valence-electron chi connectivity index (χ4n) is 3.46. The number of ether oxygens (including phenoxy) is 3. The lowest BCUT2D eigenvalue weighted by atomic mass is 10.1. The van der Waals surface area contributed by atoms with Crippen molar-refractivity contribution >= 4 is 41.0 Å². The molecule has 6 nitrogen and oxygen atoms in total. The van der Waals surface area contributed by atoms with Gasteiger partial charge in [-0.1, -0.05) is 59.1 Å². The fourth-order valence-corrected chi connectivity index (χ4v) is 3.96. The maximum absolute atomic E-state index is 12.4. The maximum atomic E-state index is 12.4. The van der Waals surface area contributed by atoms with Gasteiger partial charge in [0.2, 0.25) is 5.88 Å². The molecule has 0 bridgehead atoms. The minimum absolute atomic E-state index is 0.0879. The third-order valence-corrected chi connectivity index (χ3v) is 5.90. The zero-order valence-electron chi connectivity index (χ0n) is 21.1. The number of aryl methyl sites for hydroxylation is 1.